The summed E-state index contributed by atoms with van der Waals surface area (Å²) in [6.45, 7) is 14.2. The Balaban J connectivity index is 1.45. The van der Waals surface area contributed by atoms with E-state index < -0.39 is 25.2 Å². The Kier molecular flexibility index (Phi) is 8.58. The molecule has 43 heavy (non-hydrogen) atoms. The van der Waals surface area contributed by atoms with Crippen molar-refractivity contribution in [3.8, 4) is 11.3 Å². The van der Waals surface area contributed by atoms with Crippen LogP contribution in [0.4, 0.5) is 4.79 Å². The Morgan fingerprint density at radius 3 is 2.60 bits per heavy atom. The summed E-state index contributed by atoms with van der Waals surface area (Å²) in [6.07, 6.45) is 5.46. The lowest BCUT2D eigenvalue weighted by Gasteiger charge is -2.31. The summed E-state index contributed by atoms with van der Waals surface area (Å²) in [4.78, 5) is 33.5. The highest BCUT2D eigenvalue weighted by Gasteiger charge is 2.40. The van der Waals surface area contributed by atoms with Crippen LogP contribution >= 0.6 is 0 Å². The number of nitrogens with zero attached hydrogens (tertiary/aromatic N) is 3. The topological polar surface area (TPSA) is 95.3 Å². The van der Waals surface area contributed by atoms with Crippen molar-refractivity contribution >= 4 is 31.5 Å². The average molecular weight is 599 g/mol. The first-order chi connectivity index (χ1) is 20.4. The lowest BCUT2D eigenvalue weighted by Crippen LogP contribution is -2.43. The number of aldehydes is 1. The quantitative estimate of drug-likeness (QED) is 0.123. The van der Waals surface area contributed by atoms with E-state index in [0.717, 1.165) is 58.8 Å². The molecule has 1 unspecified atom stereocenters. The van der Waals surface area contributed by atoms with Crippen LogP contribution in [-0.4, -0.2) is 53.7 Å². The van der Waals surface area contributed by atoms with Crippen molar-refractivity contribution in [2.24, 2.45) is 0 Å². The number of carbonyl (C=O) groups is 2. The molecule has 1 aliphatic rings. The van der Waals surface area contributed by atoms with Gasteiger partial charge in [0.15, 0.2) is 0 Å². The van der Waals surface area contributed by atoms with Crippen molar-refractivity contribution < 1.29 is 19.1 Å². The van der Waals surface area contributed by atoms with Gasteiger partial charge in [-0.2, -0.15) is 0 Å². The van der Waals surface area contributed by atoms with Crippen molar-refractivity contribution in [2.75, 3.05) is 13.2 Å². The second-order valence-corrected chi connectivity index (χ2v) is 19.4. The molecule has 1 atom stereocenters. The van der Waals surface area contributed by atoms with Crippen LogP contribution in [0.1, 0.15) is 47.8 Å². The zero-order valence-corrected chi connectivity index (χ0v) is 27.1. The zero-order valence-electron chi connectivity index (χ0n) is 26.1. The number of rotatable bonds is 10. The smallest absolute Gasteiger partial charge is 0.407 e. The summed E-state index contributed by atoms with van der Waals surface area (Å²) in [5.41, 5.74) is 5.69. The molecule has 0 saturated heterocycles. The number of aromatic nitrogens is 3. The molecular weight excluding hydrogens is 556 g/mol. The number of alkyl carbamates (subject to hydrolysis) is 1. The molecule has 226 valence electrons. The molecule has 0 spiro atoms. The Bertz CT molecular complexity index is 1640. The molecule has 9 heteroatoms. The molecule has 2 aromatic heterocycles. The van der Waals surface area contributed by atoms with Gasteiger partial charge in [0.1, 0.15) is 30.6 Å². The number of hydrogen-bond donors (Lipinski definition) is 1. The van der Waals surface area contributed by atoms with Crippen LogP contribution < -0.4 is 5.32 Å². The Morgan fingerprint density at radius 1 is 1.07 bits per heavy atom. The molecule has 1 N–H and O–H groups in total. The third-order valence-corrected chi connectivity index (χ3v) is 9.63. The maximum Gasteiger partial charge on any atom is 0.407 e. The minimum Gasteiger partial charge on any atom is -0.444 e. The number of amides is 1. The molecule has 0 aliphatic heterocycles. The standard InChI is InChI=1S/C34H42N4O4Si/c1-33(2,3)42-32(40)35-21-34(18-26-11-10-24(20-39)16-27(26)19-34)28-9-7-8-25(17-28)30-29-12-13-38(31(29)37-22-36-30)23-41-14-15-43(4,5)6/h7-13,16-17,20,22H,14-15,18-19,21,23H2,1-6H3,(H,35,40). The zero-order chi connectivity index (χ0) is 30.8. The Morgan fingerprint density at radius 2 is 1.86 bits per heavy atom. The van der Waals surface area contributed by atoms with Gasteiger partial charge in [0.2, 0.25) is 0 Å². The van der Waals surface area contributed by atoms with E-state index in [2.05, 4.69) is 48.1 Å². The lowest BCUT2D eigenvalue weighted by molar-refractivity contribution is 0.0514. The van der Waals surface area contributed by atoms with Crippen LogP contribution in [0.15, 0.2) is 61.1 Å². The van der Waals surface area contributed by atoms with Gasteiger partial charge in [-0.05, 0) is 74.5 Å². The highest BCUT2D eigenvalue weighted by Crippen LogP contribution is 2.41. The molecule has 0 radical (unpaired) electrons. The predicted octanol–water partition coefficient (Wildman–Crippen LogP) is 6.78. The lowest BCUT2D eigenvalue weighted by atomic mass is 9.77. The molecule has 5 rings (SSSR count). The molecule has 1 amide bonds. The van der Waals surface area contributed by atoms with E-state index in [1.807, 2.05) is 61.9 Å². The first-order valence-electron chi connectivity index (χ1n) is 14.9. The van der Waals surface area contributed by atoms with Gasteiger partial charge in [0.05, 0.1) is 5.69 Å². The summed E-state index contributed by atoms with van der Waals surface area (Å²) in [5, 5.41) is 4.00. The van der Waals surface area contributed by atoms with Crippen molar-refractivity contribution in [2.45, 2.75) is 77.0 Å². The van der Waals surface area contributed by atoms with E-state index >= 15 is 0 Å². The van der Waals surface area contributed by atoms with Gasteiger partial charge in [-0.3, -0.25) is 4.79 Å². The van der Waals surface area contributed by atoms with Crippen molar-refractivity contribution in [3.05, 3.63) is 83.3 Å². The molecular formula is C34H42N4O4Si. The van der Waals surface area contributed by atoms with Crippen LogP contribution in [0, 0.1) is 0 Å². The fourth-order valence-corrected chi connectivity index (χ4v) is 6.47. The van der Waals surface area contributed by atoms with Gasteiger partial charge in [0.25, 0.3) is 0 Å². The van der Waals surface area contributed by atoms with Crippen LogP contribution in [0.3, 0.4) is 0 Å². The first kappa shape index (κ1) is 30.6. The third-order valence-electron chi connectivity index (χ3n) is 7.93. The fourth-order valence-electron chi connectivity index (χ4n) is 5.71. The van der Waals surface area contributed by atoms with Crippen LogP contribution in [0.5, 0.6) is 0 Å². The average Bonchev–Trinajstić information content (AvgIpc) is 3.54. The third kappa shape index (κ3) is 7.22. The summed E-state index contributed by atoms with van der Waals surface area (Å²) in [6, 6.07) is 17.4. The first-order valence-corrected chi connectivity index (χ1v) is 18.6. The molecule has 2 aromatic carbocycles. The van der Waals surface area contributed by atoms with Gasteiger partial charge in [0, 0.05) is 49.4 Å². The molecule has 0 bridgehead atoms. The van der Waals surface area contributed by atoms with Crippen molar-refractivity contribution in [1.29, 1.82) is 0 Å². The molecule has 8 nitrogen and oxygen atoms in total. The molecule has 1 aliphatic carbocycles. The number of ether oxygens (including phenoxy) is 2. The van der Waals surface area contributed by atoms with E-state index in [-0.39, 0.29) is 0 Å². The van der Waals surface area contributed by atoms with Crippen molar-refractivity contribution in [3.63, 3.8) is 0 Å². The number of benzene rings is 2. The number of hydrogen-bond acceptors (Lipinski definition) is 6. The number of nitrogens with one attached hydrogen (secondary N) is 1. The highest BCUT2D eigenvalue weighted by atomic mass is 28.3. The molecule has 4 aromatic rings. The SMILES string of the molecule is CC(C)(C)OC(=O)NCC1(c2cccc(-c3ncnc4c3ccn4COCC[Si](C)(C)C)c2)Cc2ccc(C=O)cc2C1. The summed E-state index contributed by atoms with van der Waals surface area (Å²) < 4.78 is 13.6. The fraction of sp³-hybridized carbons (Fsp3) is 0.412. The predicted molar refractivity (Wildman–Crippen MR) is 172 cm³/mol. The summed E-state index contributed by atoms with van der Waals surface area (Å²) in [5.74, 6) is 0. The van der Waals surface area contributed by atoms with Gasteiger partial charge < -0.3 is 19.4 Å². The maximum absolute atomic E-state index is 12.7. The van der Waals surface area contributed by atoms with Crippen LogP contribution in [0.25, 0.3) is 22.3 Å². The monoisotopic (exact) mass is 598 g/mol. The largest absolute Gasteiger partial charge is 0.444 e. The second kappa shape index (κ2) is 12.0. The van der Waals surface area contributed by atoms with E-state index in [1.54, 1.807) is 6.33 Å². The maximum atomic E-state index is 12.7. The van der Waals surface area contributed by atoms with E-state index in [9.17, 15) is 9.59 Å². The van der Waals surface area contributed by atoms with Gasteiger partial charge in [-0.1, -0.05) is 50.0 Å². The minimum atomic E-state index is -1.16. The van der Waals surface area contributed by atoms with Crippen LogP contribution in [-0.2, 0) is 34.5 Å². The van der Waals surface area contributed by atoms with Gasteiger partial charge >= 0.3 is 6.09 Å². The molecule has 0 saturated carbocycles. The minimum absolute atomic E-state index is 0.390. The van der Waals surface area contributed by atoms with Gasteiger partial charge in [-0.15, -0.1) is 0 Å². The van der Waals surface area contributed by atoms with E-state index in [1.165, 1.54) is 5.56 Å². The van der Waals surface area contributed by atoms with E-state index in [4.69, 9.17) is 14.5 Å². The highest BCUT2D eigenvalue weighted by molar-refractivity contribution is 6.76. The molecule has 0 fully saturated rings. The van der Waals surface area contributed by atoms with Crippen molar-refractivity contribution in [1.82, 2.24) is 19.9 Å². The normalized spacial score (nSPS) is 16.7. The van der Waals surface area contributed by atoms with Gasteiger partial charge in [-0.25, -0.2) is 14.8 Å². The van der Waals surface area contributed by atoms with Crippen LogP contribution in [0.2, 0.25) is 25.7 Å². The van der Waals surface area contributed by atoms with E-state index in [0.29, 0.717) is 25.3 Å². The number of carbonyl (C=O) groups excluding carboxylic acids is 2. The Labute approximate surface area is 254 Å². The Hall–Kier alpha value is -3.82. The molecule has 2 heterocycles. The summed E-state index contributed by atoms with van der Waals surface area (Å²) in [7, 11) is -1.16. The summed E-state index contributed by atoms with van der Waals surface area (Å²) >= 11 is 0. The second-order valence-electron chi connectivity index (χ2n) is 13.8. The number of fused-ring (bicyclic) bond motifs is 2.